The second kappa shape index (κ2) is 10.4. The van der Waals surface area contributed by atoms with Gasteiger partial charge in [-0.25, -0.2) is 15.0 Å². The molecule has 0 aliphatic carbocycles. The van der Waals surface area contributed by atoms with E-state index in [0.29, 0.717) is 17.5 Å². The summed E-state index contributed by atoms with van der Waals surface area (Å²) in [6, 6.07) is 52.3. The number of aromatic nitrogens is 3. The first-order valence-corrected chi connectivity index (χ1v) is 13.4. The van der Waals surface area contributed by atoms with Crippen LogP contribution >= 0.6 is 0 Å². The second-order valence-corrected chi connectivity index (χ2v) is 9.73. The number of fused-ring (bicyclic) bond motifs is 1. The Kier molecular flexibility index (Phi) is 6.15. The summed E-state index contributed by atoms with van der Waals surface area (Å²) < 4.78 is 0. The zero-order valence-corrected chi connectivity index (χ0v) is 21.8. The van der Waals surface area contributed by atoms with Crippen molar-refractivity contribution in [1.82, 2.24) is 15.0 Å². The van der Waals surface area contributed by atoms with Gasteiger partial charge in [-0.15, -0.1) is 0 Å². The lowest BCUT2D eigenvalue weighted by molar-refractivity contribution is 1.07. The third-order valence-corrected chi connectivity index (χ3v) is 7.12. The molecule has 0 saturated heterocycles. The quantitative estimate of drug-likeness (QED) is 0.231. The molecule has 188 valence electrons. The first-order valence-electron chi connectivity index (χ1n) is 13.4. The van der Waals surface area contributed by atoms with E-state index in [1.54, 1.807) is 0 Å². The summed E-state index contributed by atoms with van der Waals surface area (Å²) in [5.74, 6) is 1.97. The van der Waals surface area contributed by atoms with Crippen molar-refractivity contribution < 1.29 is 0 Å². The molecule has 0 fully saturated rings. The van der Waals surface area contributed by atoms with Crippen LogP contribution < -0.4 is 0 Å². The second-order valence-electron chi connectivity index (χ2n) is 9.73. The van der Waals surface area contributed by atoms with Crippen molar-refractivity contribution in [2.24, 2.45) is 0 Å². The van der Waals surface area contributed by atoms with Crippen LogP contribution in [0.4, 0.5) is 0 Å². The fourth-order valence-electron chi connectivity index (χ4n) is 5.09. The molecule has 0 unspecified atom stereocenters. The summed E-state index contributed by atoms with van der Waals surface area (Å²) in [7, 11) is 0. The van der Waals surface area contributed by atoms with E-state index in [4.69, 9.17) is 15.0 Å². The molecule has 0 saturated carbocycles. The smallest absolute Gasteiger partial charge is 0.164 e. The van der Waals surface area contributed by atoms with E-state index in [0.717, 1.165) is 33.2 Å². The van der Waals surface area contributed by atoms with Gasteiger partial charge < -0.3 is 0 Å². The number of benzene rings is 6. The maximum absolute atomic E-state index is 4.97. The highest BCUT2D eigenvalue weighted by Gasteiger charge is 2.15. The zero-order chi connectivity index (χ0) is 26.7. The standard InChI is InChI=1S/C37H25N3/c1-4-12-26(13-5-1)27-20-22-28(23-21-27)34-25-32(24-31-18-10-11-19-33(31)34)37-39-35(29-14-6-2-7-15-29)38-36(40-37)30-16-8-3-9-17-30/h1-25H. The highest BCUT2D eigenvalue weighted by atomic mass is 15.0. The molecule has 40 heavy (non-hydrogen) atoms. The summed E-state index contributed by atoms with van der Waals surface area (Å²) in [6.07, 6.45) is 0. The Balaban J connectivity index is 1.40. The molecule has 0 aliphatic rings. The Hall–Kier alpha value is -5.41. The molecule has 0 radical (unpaired) electrons. The lowest BCUT2D eigenvalue weighted by Crippen LogP contribution is -2.00. The number of nitrogens with zero attached hydrogens (tertiary/aromatic N) is 3. The van der Waals surface area contributed by atoms with Crippen LogP contribution in [0.15, 0.2) is 152 Å². The molecule has 6 aromatic carbocycles. The lowest BCUT2D eigenvalue weighted by atomic mass is 9.94. The number of hydrogen-bond donors (Lipinski definition) is 0. The van der Waals surface area contributed by atoms with Gasteiger partial charge >= 0.3 is 0 Å². The summed E-state index contributed by atoms with van der Waals surface area (Å²) in [5.41, 5.74) is 7.58. The van der Waals surface area contributed by atoms with Crippen LogP contribution in [-0.4, -0.2) is 15.0 Å². The first kappa shape index (κ1) is 23.7. The van der Waals surface area contributed by atoms with Crippen LogP contribution in [0, 0.1) is 0 Å². The summed E-state index contributed by atoms with van der Waals surface area (Å²) >= 11 is 0. The minimum Gasteiger partial charge on any atom is -0.208 e. The van der Waals surface area contributed by atoms with Gasteiger partial charge in [0, 0.05) is 16.7 Å². The monoisotopic (exact) mass is 511 g/mol. The SMILES string of the molecule is c1ccc(-c2ccc(-c3cc(-c4nc(-c5ccccc5)nc(-c5ccccc5)n4)cc4ccccc34)cc2)cc1. The van der Waals surface area contributed by atoms with Crippen LogP contribution in [0.2, 0.25) is 0 Å². The van der Waals surface area contributed by atoms with Gasteiger partial charge in [-0.1, -0.05) is 140 Å². The molecule has 3 heteroatoms. The van der Waals surface area contributed by atoms with Crippen molar-refractivity contribution in [3.63, 3.8) is 0 Å². The van der Waals surface area contributed by atoms with Crippen molar-refractivity contribution in [3.8, 4) is 56.4 Å². The lowest BCUT2D eigenvalue weighted by Gasteiger charge is -2.13. The van der Waals surface area contributed by atoms with Crippen LogP contribution in [-0.2, 0) is 0 Å². The molecule has 3 nitrogen and oxygen atoms in total. The van der Waals surface area contributed by atoms with E-state index in [-0.39, 0.29) is 0 Å². The number of hydrogen-bond acceptors (Lipinski definition) is 3. The Morgan fingerprint density at radius 3 is 1.30 bits per heavy atom. The topological polar surface area (TPSA) is 38.7 Å². The first-order chi connectivity index (χ1) is 19.8. The maximum Gasteiger partial charge on any atom is 0.164 e. The van der Waals surface area contributed by atoms with Crippen LogP contribution in [0.5, 0.6) is 0 Å². The molecular weight excluding hydrogens is 486 g/mol. The van der Waals surface area contributed by atoms with Gasteiger partial charge in [0.05, 0.1) is 0 Å². The number of rotatable bonds is 5. The minimum atomic E-state index is 0.653. The van der Waals surface area contributed by atoms with E-state index in [2.05, 4.69) is 84.9 Å². The van der Waals surface area contributed by atoms with Gasteiger partial charge in [-0.05, 0) is 45.2 Å². The van der Waals surface area contributed by atoms with E-state index >= 15 is 0 Å². The predicted molar refractivity (Wildman–Crippen MR) is 165 cm³/mol. The molecule has 7 aromatic rings. The normalized spacial score (nSPS) is 11.0. The molecule has 0 N–H and O–H groups in total. The highest BCUT2D eigenvalue weighted by molar-refractivity contribution is 6.00. The average molecular weight is 512 g/mol. The van der Waals surface area contributed by atoms with E-state index in [1.807, 2.05) is 66.7 Å². The van der Waals surface area contributed by atoms with Crippen LogP contribution in [0.25, 0.3) is 67.2 Å². The molecule has 0 amide bonds. The van der Waals surface area contributed by atoms with Gasteiger partial charge in [0.15, 0.2) is 17.5 Å². The third-order valence-electron chi connectivity index (χ3n) is 7.12. The molecular formula is C37H25N3. The molecule has 1 heterocycles. The summed E-state index contributed by atoms with van der Waals surface area (Å²) in [6.45, 7) is 0. The fourth-order valence-corrected chi connectivity index (χ4v) is 5.09. The highest BCUT2D eigenvalue weighted by Crippen LogP contribution is 2.35. The zero-order valence-electron chi connectivity index (χ0n) is 21.8. The third kappa shape index (κ3) is 4.65. The maximum atomic E-state index is 4.97. The largest absolute Gasteiger partial charge is 0.208 e. The van der Waals surface area contributed by atoms with E-state index < -0.39 is 0 Å². The van der Waals surface area contributed by atoms with Crippen molar-refractivity contribution in [2.45, 2.75) is 0 Å². The van der Waals surface area contributed by atoms with Gasteiger partial charge in [-0.2, -0.15) is 0 Å². The minimum absolute atomic E-state index is 0.653. The fraction of sp³-hybridized carbons (Fsp3) is 0. The Morgan fingerprint density at radius 2 is 0.725 bits per heavy atom. The van der Waals surface area contributed by atoms with E-state index in [9.17, 15) is 0 Å². The van der Waals surface area contributed by atoms with Gasteiger partial charge in [0.1, 0.15) is 0 Å². The summed E-state index contributed by atoms with van der Waals surface area (Å²) in [4.78, 5) is 14.8. The van der Waals surface area contributed by atoms with Crippen LogP contribution in [0.3, 0.4) is 0 Å². The molecule has 0 atom stereocenters. The van der Waals surface area contributed by atoms with Gasteiger partial charge in [0.2, 0.25) is 0 Å². The van der Waals surface area contributed by atoms with Gasteiger partial charge in [-0.3, -0.25) is 0 Å². The van der Waals surface area contributed by atoms with Crippen molar-refractivity contribution in [1.29, 1.82) is 0 Å². The predicted octanol–water partition coefficient (Wildman–Crippen LogP) is 9.36. The van der Waals surface area contributed by atoms with Gasteiger partial charge in [0.25, 0.3) is 0 Å². The summed E-state index contributed by atoms with van der Waals surface area (Å²) in [5, 5.41) is 2.34. The molecule has 0 aliphatic heterocycles. The molecule has 1 aromatic heterocycles. The Morgan fingerprint density at radius 1 is 0.300 bits per heavy atom. The van der Waals surface area contributed by atoms with Crippen LogP contribution in [0.1, 0.15) is 0 Å². The van der Waals surface area contributed by atoms with E-state index in [1.165, 1.54) is 16.5 Å². The molecule has 0 spiro atoms. The Labute approximate surface area is 233 Å². The molecule has 7 rings (SSSR count). The Bertz CT molecular complexity index is 1860. The van der Waals surface area contributed by atoms with Crippen molar-refractivity contribution in [3.05, 3.63) is 152 Å². The van der Waals surface area contributed by atoms with Crippen molar-refractivity contribution >= 4 is 10.8 Å². The average Bonchev–Trinajstić information content (AvgIpc) is 3.05. The molecule has 0 bridgehead atoms. The van der Waals surface area contributed by atoms with Crippen molar-refractivity contribution in [2.75, 3.05) is 0 Å².